The highest BCUT2D eigenvalue weighted by Crippen LogP contribution is 2.38. The molecule has 0 spiro atoms. The second kappa shape index (κ2) is 11.5. The van der Waals surface area contributed by atoms with Crippen LogP contribution < -0.4 is 9.47 Å². The van der Waals surface area contributed by atoms with Crippen LogP contribution in [0.15, 0.2) is 67.3 Å². The molecule has 3 aromatic rings. The Morgan fingerprint density at radius 2 is 1.57 bits per heavy atom. The lowest BCUT2D eigenvalue weighted by molar-refractivity contribution is 0.297. The molecule has 0 amide bonds. The normalized spacial score (nSPS) is 17.7. The average Bonchev–Trinajstić information content (AvgIpc) is 2.86. The molecule has 184 valence electrons. The fourth-order valence-corrected chi connectivity index (χ4v) is 4.56. The van der Waals surface area contributed by atoms with Gasteiger partial charge in [-0.3, -0.25) is 0 Å². The summed E-state index contributed by atoms with van der Waals surface area (Å²) in [5.41, 5.74) is 1.66. The quantitative estimate of drug-likeness (QED) is 0.225. The summed E-state index contributed by atoms with van der Waals surface area (Å²) in [4.78, 5) is 0. The van der Waals surface area contributed by atoms with Crippen LogP contribution in [0, 0.1) is 23.4 Å². The van der Waals surface area contributed by atoms with E-state index in [2.05, 4.69) is 13.5 Å². The molecule has 4 rings (SSSR count). The molecule has 0 saturated heterocycles. The van der Waals surface area contributed by atoms with Crippen LogP contribution in [0.3, 0.4) is 0 Å². The van der Waals surface area contributed by atoms with Gasteiger partial charge in [-0.25, -0.2) is 13.2 Å². The minimum atomic E-state index is -0.813. The van der Waals surface area contributed by atoms with Crippen molar-refractivity contribution in [3.8, 4) is 22.6 Å². The third-order valence-electron chi connectivity index (χ3n) is 6.74. The third-order valence-corrected chi connectivity index (χ3v) is 6.74. The molecule has 1 aliphatic rings. The molecule has 0 unspecified atom stereocenters. The highest BCUT2D eigenvalue weighted by atomic mass is 19.2. The van der Waals surface area contributed by atoms with E-state index >= 15 is 0 Å². The molecule has 0 bridgehead atoms. The fourth-order valence-electron chi connectivity index (χ4n) is 4.56. The Kier molecular flexibility index (Phi) is 8.17. The van der Waals surface area contributed by atoms with Crippen molar-refractivity contribution in [3.63, 3.8) is 0 Å². The predicted octanol–water partition coefficient (Wildman–Crippen LogP) is 8.60. The van der Waals surface area contributed by atoms with Gasteiger partial charge in [-0.05, 0) is 66.5 Å². The van der Waals surface area contributed by atoms with Crippen molar-refractivity contribution in [1.29, 1.82) is 0 Å². The first-order valence-corrected chi connectivity index (χ1v) is 12.2. The van der Waals surface area contributed by atoms with Gasteiger partial charge in [0.15, 0.2) is 11.6 Å². The van der Waals surface area contributed by atoms with Crippen LogP contribution >= 0.6 is 0 Å². The van der Waals surface area contributed by atoms with Gasteiger partial charge in [0.25, 0.3) is 0 Å². The SMILES string of the molecule is C=CCCOc1ccc(COc2ccc(-c3ccc(C4CCC(C)CC4)c(F)c3F)cc2)c(F)c1. The van der Waals surface area contributed by atoms with Gasteiger partial charge < -0.3 is 9.47 Å². The second-order valence-corrected chi connectivity index (χ2v) is 9.28. The van der Waals surface area contributed by atoms with E-state index in [1.165, 1.54) is 6.07 Å². The first-order valence-electron chi connectivity index (χ1n) is 12.2. The zero-order valence-corrected chi connectivity index (χ0v) is 20.0. The minimum absolute atomic E-state index is 0.0375. The Balaban J connectivity index is 1.40. The first-order chi connectivity index (χ1) is 17.0. The van der Waals surface area contributed by atoms with Gasteiger partial charge in [-0.1, -0.05) is 50.1 Å². The van der Waals surface area contributed by atoms with Crippen LogP contribution in [0.2, 0.25) is 0 Å². The lowest BCUT2D eigenvalue weighted by atomic mass is 9.79. The first kappa shape index (κ1) is 24.9. The number of benzene rings is 3. The van der Waals surface area contributed by atoms with Crippen molar-refractivity contribution in [3.05, 3.63) is 95.8 Å². The Bertz CT molecular complexity index is 1150. The maximum absolute atomic E-state index is 15.0. The molecule has 35 heavy (non-hydrogen) atoms. The molecule has 0 atom stereocenters. The molecule has 1 saturated carbocycles. The van der Waals surface area contributed by atoms with E-state index in [9.17, 15) is 13.2 Å². The van der Waals surface area contributed by atoms with Gasteiger partial charge in [0.2, 0.25) is 0 Å². The molecule has 5 heteroatoms. The van der Waals surface area contributed by atoms with Crippen molar-refractivity contribution >= 4 is 0 Å². The Labute approximate surface area is 205 Å². The lowest BCUT2D eigenvalue weighted by Crippen LogP contribution is -2.13. The van der Waals surface area contributed by atoms with E-state index in [-0.39, 0.29) is 18.1 Å². The van der Waals surface area contributed by atoms with Crippen LogP contribution in [0.25, 0.3) is 11.1 Å². The average molecular weight is 481 g/mol. The van der Waals surface area contributed by atoms with Crippen molar-refractivity contribution in [2.24, 2.45) is 5.92 Å². The summed E-state index contributed by atoms with van der Waals surface area (Å²) in [7, 11) is 0. The van der Waals surface area contributed by atoms with Gasteiger partial charge in [-0.2, -0.15) is 0 Å². The van der Waals surface area contributed by atoms with Crippen molar-refractivity contribution in [2.75, 3.05) is 6.61 Å². The van der Waals surface area contributed by atoms with Crippen LogP contribution in [0.4, 0.5) is 13.2 Å². The number of hydrogen-bond acceptors (Lipinski definition) is 2. The zero-order chi connectivity index (χ0) is 24.8. The molecule has 1 fully saturated rings. The Morgan fingerprint density at radius 1 is 0.857 bits per heavy atom. The second-order valence-electron chi connectivity index (χ2n) is 9.28. The van der Waals surface area contributed by atoms with Gasteiger partial charge >= 0.3 is 0 Å². The lowest BCUT2D eigenvalue weighted by Gasteiger charge is -2.27. The molecule has 0 aliphatic heterocycles. The topological polar surface area (TPSA) is 18.5 Å². The molecule has 2 nitrogen and oxygen atoms in total. The predicted molar refractivity (Wildman–Crippen MR) is 133 cm³/mol. The Hall–Kier alpha value is -3.21. The van der Waals surface area contributed by atoms with E-state index in [4.69, 9.17) is 9.47 Å². The Morgan fingerprint density at radius 3 is 2.26 bits per heavy atom. The van der Waals surface area contributed by atoms with Crippen LogP contribution in [-0.4, -0.2) is 6.61 Å². The highest BCUT2D eigenvalue weighted by molar-refractivity contribution is 5.65. The minimum Gasteiger partial charge on any atom is -0.493 e. The van der Waals surface area contributed by atoms with E-state index in [1.807, 2.05) is 0 Å². The van der Waals surface area contributed by atoms with Crippen molar-refractivity contribution in [2.45, 2.75) is 51.6 Å². The molecule has 0 heterocycles. The summed E-state index contributed by atoms with van der Waals surface area (Å²) in [6, 6.07) is 14.8. The summed E-state index contributed by atoms with van der Waals surface area (Å²) < 4.78 is 55.4. The highest BCUT2D eigenvalue weighted by Gasteiger charge is 2.25. The number of hydrogen-bond donors (Lipinski definition) is 0. The summed E-state index contributed by atoms with van der Waals surface area (Å²) in [5, 5.41) is 0. The van der Waals surface area contributed by atoms with E-state index in [0.717, 1.165) is 25.7 Å². The molecule has 0 radical (unpaired) electrons. The van der Waals surface area contributed by atoms with E-state index in [1.54, 1.807) is 54.6 Å². The summed E-state index contributed by atoms with van der Waals surface area (Å²) in [5.74, 6) is -0.274. The maximum Gasteiger partial charge on any atom is 0.166 e. The molecular formula is C30H31F3O2. The molecular weight excluding hydrogens is 449 g/mol. The molecule has 1 aliphatic carbocycles. The number of rotatable bonds is 9. The summed E-state index contributed by atoms with van der Waals surface area (Å²) in [6.45, 7) is 6.31. The van der Waals surface area contributed by atoms with Gasteiger partial charge in [0.1, 0.15) is 23.9 Å². The van der Waals surface area contributed by atoms with Gasteiger partial charge in [0.05, 0.1) is 6.61 Å². The zero-order valence-electron chi connectivity index (χ0n) is 20.0. The fraction of sp³-hybridized carbons (Fsp3) is 0.333. The monoisotopic (exact) mass is 480 g/mol. The number of halogens is 3. The molecule has 3 aromatic carbocycles. The van der Waals surface area contributed by atoms with Crippen LogP contribution in [-0.2, 0) is 6.61 Å². The smallest absolute Gasteiger partial charge is 0.166 e. The maximum atomic E-state index is 15.0. The third kappa shape index (κ3) is 6.08. The molecule has 0 N–H and O–H groups in total. The molecule has 0 aromatic heterocycles. The standard InChI is InChI=1S/C30H31F3O2/c1-3-4-17-34-25-14-11-23(28(31)18-25)19-35-24-12-9-22(10-13-24)27-16-15-26(29(32)30(27)33)21-7-5-20(2)6-8-21/h3,9-16,18,20-21H,1,4-8,17,19H2,2H3. The van der Waals surface area contributed by atoms with Gasteiger partial charge in [-0.15, -0.1) is 6.58 Å². The van der Waals surface area contributed by atoms with E-state index in [0.29, 0.717) is 47.1 Å². The summed E-state index contributed by atoms with van der Waals surface area (Å²) in [6.07, 6.45) is 6.31. The van der Waals surface area contributed by atoms with Crippen LogP contribution in [0.1, 0.15) is 56.1 Å². The van der Waals surface area contributed by atoms with Gasteiger partial charge in [0, 0.05) is 17.2 Å². The summed E-state index contributed by atoms with van der Waals surface area (Å²) >= 11 is 0. The number of ether oxygens (including phenoxy) is 2. The largest absolute Gasteiger partial charge is 0.493 e. The van der Waals surface area contributed by atoms with Crippen molar-refractivity contribution in [1.82, 2.24) is 0 Å². The van der Waals surface area contributed by atoms with Crippen molar-refractivity contribution < 1.29 is 22.6 Å². The van der Waals surface area contributed by atoms with Crippen LogP contribution in [0.5, 0.6) is 11.5 Å². The van der Waals surface area contributed by atoms with E-state index < -0.39 is 17.5 Å².